The lowest BCUT2D eigenvalue weighted by atomic mass is 10.0. The van der Waals surface area contributed by atoms with Gasteiger partial charge in [0.2, 0.25) is 0 Å². The van der Waals surface area contributed by atoms with Gasteiger partial charge in [-0.25, -0.2) is 0 Å². The maximum absolute atomic E-state index is 13.6. The summed E-state index contributed by atoms with van der Waals surface area (Å²) in [7, 11) is -2.99. The summed E-state index contributed by atoms with van der Waals surface area (Å²) < 4.78 is 53.0. The molecule has 1 atom stereocenters. The second kappa shape index (κ2) is 12.5. The number of halogens is 3. The van der Waals surface area contributed by atoms with Crippen LogP contribution in [0.25, 0.3) is 0 Å². The number of rotatable bonds is 8. The minimum absolute atomic E-state index is 0.0616. The normalized spacial score (nSPS) is 19.1. The highest BCUT2D eigenvalue weighted by Gasteiger charge is 2.35. The van der Waals surface area contributed by atoms with Crippen molar-refractivity contribution in [1.82, 2.24) is 9.80 Å². The molecule has 0 aromatic heterocycles. The molecule has 2 aromatic carbocycles. The van der Waals surface area contributed by atoms with E-state index >= 15 is 0 Å². The SMILES string of the molecule is C=S(C)(=O)c1ccc(NC2CCN(C(=S)CCCN3CCN(c4ccc(C)cc4)CC3)CC2)cc1C(F)(F)F. The van der Waals surface area contributed by atoms with Crippen LogP contribution in [0.15, 0.2) is 47.4 Å². The molecule has 2 heterocycles. The third-order valence-corrected chi connectivity index (χ3v) is 9.35. The van der Waals surface area contributed by atoms with E-state index in [1.807, 2.05) is 0 Å². The van der Waals surface area contributed by atoms with Crippen LogP contribution in [0.1, 0.15) is 36.8 Å². The molecule has 39 heavy (non-hydrogen) atoms. The fourth-order valence-electron chi connectivity index (χ4n) is 5.32. The molecule has 1 unspecified atom stereocenters. The van der Waals surface area contributed by atoms with Gasteiger partial charge in [0.1, 0.15) is 0 Å². The average Bonchev–Trinajstić information content (AvgIpc) is 2.89. The largest absolute Gasteiger partial charge is 0.417 e. The van der Waals surface area contributed by atoms with Crippen molar-refractivity contribution in [3.8, 4) is 0 Å². The first kappa shape index (κ1) is 29.7. The number of benzene rings is 2. The number of alkyl halides is 3. The molecule has 214 valence electrons. The van der Waals surface area contributed by atoms with Crippen molar-refractivity contribution in [1.29, 1.82) is 0 Å². The molecule has 4 rings (SSSR count). The molecular formula is C29H39F3N4OS2. The summed E-state index contributed by atoms with van der Waals surface area (Å²) >= 11 is 5.73. The van der Waals surface area contributed by atoms with E-state index in [4.69, 9.17) is 12.2 Å². The smallest absolute Gasteiger partial charge is 0.382 e. The fourth-order valence-corrected chi connectivity index (χ4v) is 6.65. The molecule has 0 aliphatic carbocycles. The van der Waals surface area contributed by atoms with Crippen molar-refractivity contribution < 1.29 is 17.4 Å². The Labute approximate surface area is 236 Å². The van der Waals surface area contributed by atoms with Gasteiger partial charge in [-0.2, -0.15) is 13.2 Å². The maximum Gasteiger partial charge on any atom is 0.417 e. The second-order valence-corrected chi connectivity index (χ2v) is 13.7. The Bertz CT molecular complexity index is 1230. The molecule has 2 aliphatic rings. The molecule has 2 saturated heterocycles. The van der Waals surface area contributed by atoms with Crippen LogP contribution < -0.4 is 10.2 Å². The second-order valence-electron chi connectivity index (χ2n) is 10.8. The summed E-state index contributed by atoms with van der Waals surface area (Å²) in [5.41, 5.74) is 2.08. The third kappa shape index (κ3) is 8.11. The zero-order chi connectivity index (χ0) is 28.2. The standard InChI is InChI=1S/C29H39F3N4OS2/c1-22-6-9-25(10-7-22)35-19-17-34(18-20-35)14-4-5-28(38)36-15-12-23(13-16-36)33-24-8-11-27(39(2,3)37)26(21-24)29(30,31)32/h6-11,21,23,33H,2,4-5,12-20H2,1,3H3. The minimum Gasteiger partial charge on any atom is -0.382 e. The number of nitrogens with zero attached hydrogens (tertiary/aromatic N) is 3. The van der Waals surface area contributed by atoms with Crippen LogP contribution in [0.3, 0.4) is 0 Å². The van der Waals surface area contributed by atoms with Gasteiger partial charge in [0.05, 0.1) is 10.6 Å². The molecule has 0 saturated carbocycles. The molecule has 0 spiro atoms. The van der Waals surface area contributed by atoms with Crippen LogP contribution in [-0.4, -0.2) is 83.0 Å². The van der Waals surface area contributed by atoms with Crippen LogP contribution in [0.2, 0.25) is 0 Å². The molecule has 2 aromatic rings. The summed E-state index contributed by atoms with van der Waals surface area (Å²) in [5.74, 6) is 3.43. The Kier molecular flexibility index (Phi) is 9.49. The van der Waals surface area contributed by atoms with Crippen molar-refractivity contribution in [2.24, 2.45) is 0 Å². The number of hydrogen-bond donors (Lipinski definition) is 1. The van der Waals surface area contributed by atoms with E-state index in [9.17, 15) is 17.4 Å². The molecule has 0 radical (unpaired) electrons. The number of piperidine rings is 1. The highest BCUT2D eigenvalue weighted by Crippen LogP contribution is 2.36. The third-order valence-electron chi connectivity index (χ3n) is 7.61. The lowest BCUT2D eigenvalue weighted by Gasteiger charge is -2.37. The number of likely N-dealkylation sites (tertiary alicyclic amines) is 1. The number of aryl methyl sites for hydroxylation is 1. The van der Waals surface area contributed by atoms with Crippen molar-refractivity contribution in [3.63, 3.8) is 0 Å². The molecule has 0 bridgehead atoms. The number of anilines is 2. The Morgan fingerprint density at radius 1 is 1.05 bits per heavy atom. The van der Waals surface area contributed by atoms with Crippen LogP contribution in [0.5, 0.6) is 0 Å². The minimum atomic E-state index is -4.59. The van der Waals surface area contributed by atoms with E-state index in [0.29, 0.717) is 5.69 Å². The number of nitrogens with one attached hydrogen (secondary N) is 1. The number of piperazine rings is 1. The number of thiocarbonyl (C=S) groups is 1. The summed E-state index contributed by atoms with van der Waals surface area (Å²) in [6.07, 6.45) is 0.141. The van der Waals surface area contributed by atoms with Gasteiger partial charge in [0.15, 0.2) is 0 Å². The Hall–Kier alpha value is -2.30. The predicted octanol–water partition coefficient (Wildman–Crippen LogP) is 5.53. The average molecular weight is 581 g/mol. The van der Waals surface area contributed by atoms with Gasteiger partial charge in [0, 0.05) is 67.8 Å². The quantitative estimate of drug-likeness (QED) is 0.415. The molecule has 2 aliphatic heterocycles. The first-order chi connectivity index (χ1) is 18.4. The van der Waals surface area contributed by atoms with Gasteiger partial charge in [-0.3, -0.25) is 9.11 Å². The molecule has 0 amide bonds. The molecular weight excluding hydrogens is 541 g/mol. The zero-order valence-electron chi connectivity index (χ0n) is 22.8. The van der Waals surface area contributed by atoms with E-state index in [2.05, 4.69) is 57.1 Å². The molecule has 1 N–H and O–H groups in total. The van der Waals surface area contributed by atoms with E-state index < -0.39 is 21.3 Å². The van der Waals surface area contributed by atoms with E-state index in [-0.39, 0.29) is 10.9 Å². The summed E-state index contributed by atoms with van der Waals surface area (Å²) in [6.45, 7) is 8.90. The monoisotopic (exact) mass is 580 g/mol. The van der Waals surface area contributed by atoms with Crippen LogP contribution in [0.4, 0.5) is 24.5 Å². The fraction of sp³-hybridized carbons (Fsp3) is 0.517. The van der Waals surface area contributed by atoms with Gasteiger partial charge in [-0.15, -0.1) is 0 Å². The zero-order valence-corrected chi connectivity index (χ0v) is 24.4. The molecule has 10 heteroatoms. The first-order valence-corrected chi connectivity index (χ1v) is 16.1. The van der Waals surface area contributed by atoms with Crippen molar-refractivity contribution in [2.75, 3.05) is 62.3 Å². The van der Waals surface area contributed by atoms with Gasteiger partial charge in [0.25, 0.3) is 0 Å². The lowest BCUT2D eigenvalue weighted by Crippen LogP contribution is -2.47. The Morgan fingerprint density at radius 2 is 1.69 bits per heavy atom. The molecule has 2 fully saturated rings. The number of hydrogen-bond acceptors (Lipinski definition) is 5. The topological polar surface area (TPSA) is 38.8 Å². The maximum atomic E-state index is 13.6. The van der Waals surface area contributed by atoms with Crippen LogP contribution in [0, 0.1) is 6.92 Å². The summed E-state index contributed by atoms with van der Waals surface area (Å²) in [5, 5.41) is 3.24. The van der Waals surface area contributed by atoms with Crippen molar-refractivity contribution in [2.45, 2.75) is 49.7 Å². The van der Waals surface area contributed by atoms with Gasteiger partial charge in [-0.1, -0.05) is 29.9 Å². The van der Waals surface area contributed by atoms with E-state index in [1.165, 1.54) is 23.6 Å². The lowest BCUT2D eigenvalue weighted by molar-refractivity contribution is -0.139. The first-order valence-electron chi connectivity index (χ1n) is 13.5. The van der Waals surface area contributed by atoms with Crippen molar-refractivity contribution in [3.05, 3.63) is 53.6 Å². The Morgan fingerprint density at radius 3 is 2.28 bits per heavy atom. The summed E-state index contributed by atoms with van der Waals surface area (Å²) in [6, 6.07) is 12.7. The van der Waals surface area contributed by atoms with Gasteiger partial charge < -0.3 is 15.1 Å². The van der Waals surface area contributed by atoms with Crippen molar-refractivity contribution >= 4 is 44.0 Å². The van der Waals surface area contributed by atoms with E-state index in [1.54, 1.807) is 6.07 Å². The Balaban J connectivity index is 1.18. The van der Waals surface area contributed by atoms with E-state index in [0.717, 1.165) is 82.6 Å². The van der Waals surface area contributed by atoms with Crippen LogP contribution in [-0.2, 0) is 15.7 Å². The summed E-state index contributed by atoms with van der Waals surface area (Å²) in [4.78, 5) is 7.91. The molecule has 5 nitrogen and oxygen atoms in total. The van der Waals surface area contributed by atoms with Gasteiger partial charge in [-0.05, 0) is 84.9 Å². The predicted molar refractivity (Wildman–Crippen MR) is 161 cm³/mol. The highest BCUT2D eigenvalue weighted by atomic mass is 32.2. The van der Waals surface area contributed by atoms with Gasteiger partial charge >= 0.3 is 6.18 Å². The van der Waals surface area contributed by atoms with Crippen LogP contribution >= 0.6 is 12.2 Å². The highest BCUT2D eigenvalue weighted by molar-refractivity contribution is 7.99.